The molecule has 0 unspecified atom stereocenters. The minimum absolute atomic E-state index is 0.0610. The maximum absolute atomic E-state index is 12.0. The van der Waals surface area contributed by atoms with E-state index < -0.39 is 0 Å². The summed E-state index contributed by atoms with van der Waals surface area (Å²) in [5, 5.41) is 2.95. The van der Waals surface area contributed by atoms with E-state index in [1.54, 1.807) is 18.2 Å². The van der Waals surface area contributed by atoms with Gasteiger partial charge in [-0.25, -0.2) is 0 Å². The Balaban J connectivity index is 1.49. The van der Waals surface area contributed by atoms with E-state index in [4.69, 9.17) is 15.2 Å². The number of anilines is 1. The van der Waals surface area contributed by atoms with Crippen molar-refractivity contribution in [2.75, 3.05) is 45.2 Å². The van der Waals surface area contributed by atoms with Gasteiger partial charge in [-0.15, -0.1) is 0 Å². The summed E-state index contributed by atoms with van der Waals surface area (Å²) >= 11 is 0. The van der Waals surface area contributed by atoms with Gasteiger partial charge < -0.3 is 20.5 Å². The molecule has 1 aliphatic carbocycles. The molecule has 120 valence electrons. The number of rotatable bonds is 6. The zero-order chi connectivity index (χ0) is 15.4. The van der Waals surface area contributed by atoms with E-state index in [0.717, 1.165) is 45.7 Å². The number of amides is 1. The van der Waals surface area contributed by atoms with Gasteiger partial charge in [-0.1, -0.05) is 0 Å². The largest absolute Gasteiger partial charge is 0.490 e. The van der Waals surface area contributed by atoms with Gasteiger partial charge in [-0.2, -0.15) is 0 Å². The quantitative estimate of drug-likeness (QED) is 0.763. The van der Waals surface area contributed by atoms with Crippen LogP contribution in [0.5, 0.6) is 5.75 Å². The van der Waals surface area contributed by atoms with Crippen LogP contribution in [-0.4, -0.2) is 56.3 Å². The Morgan fingerprint density at radius 1 is 1.36 bits per heavy atom. The molecule has 1 aromatic carbocycles. The van der Waals surface area contributed by atoms with Gasteiger partial charge in [0.15, 0.2) is 0 Å². The second-order valence-electron chi connectivity index (χ2n) is 5.80. The van der Waals surface area contributed by atoms with Gasteiger partial charge in [0.1, 0.15) is 12.4 Å². The topological polar surface area (TPSA) is 76.8 Å². The molecule has 0 spiro atoms. The minimum atomic E-state index is -0.0610. The van der Waals surface area contributed by atoms with Crippen LogP contribution in [0.1, 0.15) is 23.2 Å². The Kier molecular flexibility index (Phi) is 4.80. The van der Waals surface area contributed by atoms with Crippen molar-refractivity contribution in [2.45, 2.75) is 18.9 Å². The molecule has 6 heteroatoms. The Hall–Kier alpha value is -1.79. The number of hydrogen-bond acceptors (Lipinski definition) is 5. The maximum atomic E-state index is 12.0. The van der Waals surface area contributed by atoms with Crippen LogP contribution in [0.25, 0.3) is 0 Å². The molecule has 0 radical (unpaired) electrons. The SMILES string of the molecule is Nc1cc(C(=O)NC2CC2)ccc1OCCN1CCOCC1. The van der Waals surface area contributed by atoms with Crippen LogP contribution in [0.2, 0.25) is 0 Å². The van der Waals surface area contributed by atoms with E-state index in [0.29, 0.717) is 29.6 Å². The average molecular weight is 305 g/mol. The smallest absolute Gasteiger partial charge is 0.251 e. The van der Waals surface area contributed by atoms with Crippen LogP contribution in [0.4, 0.5) is 5.69 Å². The lowest BCUT2D eigenvalue weighted by Crippen LogP contribution is -2.38. The lowest BCUT2D eigenvalue weighted by Gasteiger charge is -2.26. The molecule has 3 N–H and O–H groups in total. The van der Waals surface area contributed by atoms with E-state index in [1.807, 2.05) is 0 Å². The highest BCUT2D eigenvalue weighted by molar-refractivity contribution is 5.95. The molecule has 0 aromatic heterocycles. The molecular weight excluding hydrogens is 282 g/mol. The third kappa shape index (κ3) is 4.11. The predicted octanol–water partition coefficient (Wildman–Crippen LogP) is 0.872. The van der Waals surface area contributed by atoms with Crippen molar-refractivity contribution in [1.82, 2.24) is 10.2 Å². The van der Waals surface area contributed by atoms with E-state index in [9.17, 15) is 4.79 Å². The summed E-state index contributed by atoms with van der Waals surface area (Å²) in [6, 6.07) is 5.56. The summed E-state index contributed by atoms with van der Waals surface area (Å²) in [5.74, 6) is 0.574. The fourth-order valence-corrected chi connectivity index (χ4v) is 2.43. The van der Waals surface area contributed by atoms with Crippen molar-refractivity contribution >= 4 is 11.6 Å². The number of nitrogen functional groups attached to an aromatic ring is 1. The van der Waals surface area contributed by atoms with Gasteiger partial charge in [0.05, 0.1) is 18.9 Å². The molecule has 1 amide bonds. The van der Waals surface area contributed by atoms with Crippen molar-refractivity contribution < 1.29 is 14.3 Å². The first-order valence-electron chi connectivity index (χ1n) is 7.85. The number of nitrogens with zero attached hydrogens (tertiary/aromatic N) is 1. The van der Waals surface area contributed by atoms with E-state index >= 15 is 0 Å². The zero-order valence-electron chi connectivity index (χ0n) is 12.7. The number of nitrogens with one attached hydrogen (secondary N) is 1. The maximum Gasteiger partial charge on any atom is 0.251 e. The molecule has 2 aliphatic rings. The number of carbonyl (C=O) groups is 1. The van der Waals surface area contributed by atoms with Gasteiger partial charge in [0.2, 0.25) is 0 Å². The zero-order valence-corrected chi connectivity index (χ0v) is 12.7. The minimum Gasteiger partial charge on any atom is -0.490 e. The number of hydrogen-bond donors (Lipinski definition) is 2. The fourth-order valence-electron chi connectivity index (χ4n) is 2.43. The highest BCUT2D eigenvalue weighted by atomic mass is 16.5. The second kappa shape index (κ2) is 6.98. The van der Waals surface area contributed by atoms with Crippen molar-refractivity contribution in [3.05, 3.63) is 23.8 Å². The first-order chi connectivity index (χ1) is 10.7. The molecule has 1 aliphatic heterocycles. The van der Waals surface area contributed by atoms with Gasteiger partial charge in [-0.05, 0) is 31.0 Å². The molecule has 1 saturated heterocycles. The fraction of sp³-hybridized carbons (Fsp3) is 0.562. The average Bonchev–Trinajstić information content (AvgIpc) is 3.34. The third-order valence-electron chi connectivity index (χ3n) is 3.95. The molecule has 22 heavy (non-hydrogen) atoms. The Labute approximate surface area is 130 Å². The lowest BCUT2D eigenvalue weighted by atomic mass is 10.1. The van der Waals surface area contributed by atoms with Gasteiger partial charge in [0, 0.05) is 31.2 Å². The first-order valence-corrected chi connectivity index (χ1v) is 7.85. The Morgan fingerprint density at radius 2 is 2.14 bits per heavy atom. The van der Waals surface area contributed by atoms with Crippen molar-refractivity contribution in [3.8, 4) is 5.75 Å². The summed E-state index contributed by atoms with van der Waals surface area (Å²) in [4.78, 5) is 14.3. The molecule has 1 saturated carbocycles. The third-order valence-corrected chi connectivity index (χ3v) is 3.95. The molecule has 3 rings (SSSR count). The number of benzene rings is 1. The normalized spacial score (nSPS) is 18.9. The van der Waals surface area contributed by atoms with Crippen LogP contribution >= 0.6 is 0 Å². The Bertz CT molecular complexity index is 525. The monoisotopic (exact) mass is 305 g/mol. The lowest BCUT2D eigenvalue weighted by molar-refractivity contribution is 0.0323. The molecule has 0 bridgehead atoms. The molecule has 1 aromatic rings. The first kappa shape index (κ1) is 15.1. The highest BCUT2D eigenvalue weighted by Crippen LogP contribution is 2.24. The summed E-state index contributed by atoms with van der Waals surface area (Å²) in [5.41, 5.74) is 7.08. The Morgan fingerprint density at radius 3 is 2.82 bits per heavy atom. The van der Waals surface area contributed by atoms with Crippen LogP contribution in [-0.2, 0) is 4.74 Å². The van der Waals surface area contributed by atoms with Gasteiger partial charge in [-0.3, -0.25) is 9.69 Å². The van der Waals surface area contributed by atoms with Gasteiger partial charge in [0.25, 0.3) is 5.91 Å². The van der Waals surface area contributed by atoms with Crippen LogP contribution in [0.3, 0.4) is 0 Å². The van der Waals surface area contributed by atoms with Crippen LogP contribution in [0.15, 0.2) is 18.2 Å². The second-order valence-corrected chi connectivity index (χ2v) is 5.80. The van der Waals surface area contributed by atoms with E-state index in [2.05, 4.69) is 10.2 Å². The molecule has 1 heterocycles. The van der Waals surface area contributed by atoms with Crippen LogP contribution < -0.4 is 15.8 Å². The molecular formula is C16H23N3O3. The van der Waals surface area contributed by atoms with E-state index in [1.165, 1.54) is 0 Å². The standard InChI is InChI=1S/C16H23N3O3/c17-14-11-12(16(20)18-13-2-3-13)1-4-15(14)22-10-7-19-5-8-21-9-6-19/h1,4,11,13H,2-3,5-10,17H2,(H,18,20). The predicted molar refractivity (Wildman–Crippen MR) is 84.1 cm³/mol. The summed E-state index contributed by atoms with van der Waals surface area (Å²) in [7, 11) is 0. The van der Waals surface area contributed by atoms with Crippen molar-refractivity contribution in [2.24, 2.45) is 0 Å². The number of morpholine rings is 1. The van der Waals surface area contributed by atoms with Crippen molar-refractivity contribution in [1.29, 1.82) is 0 Å². The number of carbonyl (C=O) groups excluding carboxylic acids is 1. The molecule has 2 fully saturated rings. The van der Waals surface area contributed by atoms with Gasteiger partial charge >= 0.3 is 0 Å². The van der Waals surface area contributed by atoms with Crippen molar-refractivity contribution in [3.63, 3.8) is 0 Å². The number of ether oxygens (including phenoxy) is 2. The summed E-state index contributed by atoms with van der Waals surface area (Å²) in [6.45, 7) is 4.89. The highest BCUT2D eigenvalue weighted by Gasteiger charge is 2.24. The number of nitrogens with two attached hydrogens (primary N) is 1. The molecule has 0 atom stereocenters. The van der Waals surface area contributed by atoms with Crippen LogP contribution in [0, 0.1) is 0 Å². The summed E-state index contributed by atoms with van der Waals surface area (Å²) in [6.07, 6.45) is 2.15. The summed E-state index contributed by atoms with van der Waals surface area (Å²) < 4.78 is 11.0. The molecule has 6 nitrogen and oxygen atoms in total. The van der Waals surface area contributed by atoms with E-state index in [-0.39, 0.29) is 5.91 Å².